The lowest BCUT2D eigenvalue weighted by atomic mass is 9.97. The SMILES string of the molecule is Cc1cc(N2CCCC(C(F)(F)F)C2)ccn1. The van der Waals surface area contributed by atoms with Crippen molar-refractivity contribution in [3.63, 3.8) is 0 Å². The maximum absolute atomic E-state index is 12.7. The molecule has 1 saturated heterocycles. The zero-order chi connectivity index (χ0) is 12.5. The number of hydrogen-bond acceptors (Lipinski definition) is 2. The van der Waals surface area contributed by atoms with E-state index < -0.39 is 12.1 Å². The number of aromatic nitrogens is 1. The van der Waals surface area contributed by atoms with Crippen molar-refractivity contribution in [3.05, 3.63) is 24.0 Å². The normalized spacial score (nSPS) is 21.6. The van der Waals surface area contributed by atoms with Crippen molar-refractivity contribution in [1.82, 2.24) is 4.98 Å². The molecule has 17 heavy (non-hydrogen) atoms. The number of alkyl halides is 3. The van der Waals surface area contributed by atoms with Crippen LogP contribution in [0.25, 0.3) is 0 Å². The van der Waals surface area contributed by atoms with Gasteiger partial charge >= 0.3 is 6.18 Å². The molecule has 1 aliphatic rings. The van der Waals surface area contributed by atoms with Gasteiger partial charge in [0.15, 0.2) is 0 Å². The molecule has 0 bridgehead atoms. The number of anilines is 1. The van der Waals surface area contributed by atoms with Crippen molar-refractivity contribution in [1.29, 1.82) is 0 Å². The second kappa shape index (κ2) is 4.55. The Morgan fingerprint density at radius 1 is 1.41 bits per heavy atom. The van der Waals surface area contributed by atoms with Gasteiger partial charge in [-0.2, -0.15) is 13.2 Å². The second-order valence-corrected chi connectivity index (χ2v) is 4.48. The van der Waals surface area contributed by atoms with Gasteiger partial charge in [-0.3, -0.25) is 4.98 Å². The number of aryl methyl sites for hydroxylation is 1. The number of pyridine rings is 1. The van der Waals surface area contributed by atoms with E-state index in [1.165, 1.54) is 0 Å². The lowest BCUT2D eigenvalue weighted by Crippen LogP contribution is -2.41. The largest absolute Gasteiger partial charge is 0.393 e. The van der Waals surface area contributed by atoms with Gasteiger partial charge in [0, 0.05) is 30.7 Å². The Morgan fingerprint density at radius 3 is 2.82 bits per heavy atom. The molecule has 0 N–H and O–H groups in total. The van der Waals surface area contributed by atoms with Crippen LogP contribution >= 0.6 is 0 Å². The van der Waals surface area contributed by atoms with E-state index in [0.29, 0.717) is 13.0 Å². The van der Waals surface area contributed by atoms with Crippen LogP contribution in [-0.4, -0.2) is 24.2 Å². The van der Waals surface area contributed by atoms with Crippen LogP contribution in [0.4, 0.5) is 18.9 Å². The third-order valence-corrected chi connectivity index (χ3v) is 3.13. The van der Waals surface area contributed by atoms with Crippen molar-refractivity contribution in [2.75, 3.05) is 18.0 Å². The van der Waals surface area contributed by atoms with E-state index >= 15 is 0 Å². The van der Waals surface area contributed by atoms with Crippen molar-refractivity contribution >= 4 is 5.69 Å². The van der Waals surface area contributed by atoms with Gasteiger partial charge in [0.1, 0.15) is 0 Å². The monoisotopic (exact) mass is 244 g/mol. The van der Waals surface area contributed by atoms with E-state index in [9.17, 15) is 13.2 Å². The molecule has 0 amide bonds. The van der Waals surface area contributed by atoms with E-state index in [2.05, 4.69) is 4.98 Å². The molecular weight excluding hydrogens is 229 g/mol. The van der Waals surface area contributed by atoms with Crippen molar-refractivity contribution in [3.8, 4) is 0 Å². The van der Waals surface area contributed by atoms with Crippen LogP contribution in [0.3, 0.4) is 0 Å². The molecule has 1 unspecified atom stereocenters. The van der Waals surface area contributed by atoms with Crippen molar-refractivity contribution < 1.29 is 13.2 Å². The number of rotatable bonds is 1. The summed E-state index contributed by atoms with van der Waals surface area (Å²) in [5.74, 6) is -1.20. The van der Waals surface area contributed by atoms with Crippen molar-refractivity contribution in [2.24, 2.45) is 5.92 Å². The Kier molecular flexibility index (Phi) is 3.26. The second-order valence-electron chi connectivity index (χ2n) is 4.48. The first-order valence-corrected chi connectivity index (χ1v) is 5.71. The molecule has 94 valence electrons. The van der Waals surface area contributed by atoms with Gasteiger partial charge in [-0.05, 0) is 31.9 Å². The minimum atomic E-state index is -4.08. The zero-order valence-electron chi connectivity index (χ0n) is 9.67. The first-order chi connectivity index (χ1) is 7.97. The Labute approximate surface area is 98.5 Å². The highest BCUT2D eigenvalue weighted by molar-refractivity contribution is 5.46. The fourth-order valence-corrected chi connectivity index (χ4v) is 2.21. The summed E-state index contributed by atoms with van der Waals surface area (Å²) in [7, 11) is 0. The van der Waals surface area contributed by atoms with E-state index in [4.69, 9.17) is 0 Å². The average molecular weight is 244 g/mol. The standard InChI is InChI=1S/C12H15F3N2/c1-9-7-11(4-5-16-9)17-6-2-3-10(8-17)12(13,14)15/h4-5,7,10H,2-3,6,8H2,1H3. The molecule has 1 fully saturated rings. The Bertz CT molecular complexity index is 390. The Morgan fingerprint density at radius 2 is 2.18 bits per heavy atom. The van der Waals surface area contributed by atoms with Crippen LogP contribution < -0.4 is 4.90 Å². The van der Waals surface area contributed by atoms with E-state index in [0.717, 1.165) is 11.4 Å². The molecule has 2 nitrogen and oxygen atoms in total. The number of hydrogen-bond donors (Lipinski definition) is 0. The molecule has 0 saturated carbocycles. The molecule has 0 aromatic carbocycles. The van der Waals surface area contributed by atoms with Gasteiger partial charge < -0.3 is 4.90 Å². The van der Waals surface area contributed by atoms with Crippen molar-refractivity contribution in [2.45, 2.75) is 25.9 Å². The summed E-state index contributed by atoms with van der Waals surface area (Å²) in [6, 6.07) is 3.60. The summed E-state index contributed by atoms with van der Waals surface area (Å²) in [6.07, 6.45) is -1.61. The fourth-order valence-electron chi connectivity index (χ4n) is 2.21. The summed E-state index contributed by atoms with van der Waals surface area (Å²) in [6.45, 7) is 2.59. The highest BCUT2D eigenvalue weighted by atomic mass is 19.4. The molecule has 2 heterocycles. The molecule has 1 aromatic heterocycles. The molecule has 0 radical (unpaired) electrons. The Hall–Kier alpha value is -1.26. The predicted molar refractivity (Wildman–Crippen MR) is 60.0 cm³/mol. The van der Waals surface area contributed by atoms with Gasteiger partial charge in [0.05, 0.1) is 5.92 Å². The molecule has 5 heteroatoms. The highest BCUT2D eigenvalue weighted by Crippen LogP contribution is 2.34. The van der Waals surface area contributed by atoms with Crippen LogP contribution in [0, 0.1) is 12.8 Å². The molecule has 0 spiro atoms. The van der Waals surface area contributed by atoms with Gasteiger partial charge in [-0.25, -0.2) is 0 Å². The van der Waals surface area contributed by atoms with Crippen LogP contribution in [0.15, 0.2) is 18.3 Å². The third-order valence-electron chi connectivity index (χ3n) is 3.13. The van der Waals surface area contributed by atoms with E-state index in [1.54, 1.807) is 17.2 Å². The molecular formula is C12H15F3N2. The maximum Gasteiger partial charge on any atom is 0.393 e. The van der Waals surface area contributed by atoms with Crippen LogP contribution in [-0.2, 0) is 0 Å². The van der Waals surface area contributed by atoms with Gasteiger partial charge in [-0.1, -0.05) is 0 Å². The van der Waals surface area contributed by atoms with Gasteiger partial charge in [0.25, 0.3) is 0 Å². The summed E-state index contributed by atoms with van der Waals surface area (Å²) >= 11 is 0. The lowest BCUT2D eigenvalue weighted by molar-refractivity contribution is -0.175. The van der Waals surface area contributed by atoms with Gasteiger partial charge in [0.2, 0.25) is 0 Å². The van der Waals surface area contributed by atoms with E-state index in [1.807, 2.05) is 13.0 Å². The summed E-state index contributed by atoms with van der Waals surface area (Å²) in [5, 5.41) is 0. The summed E-state index contributed by atoms with van der Waals surface area (Å²) in [5.41, 5.74) is 1.67. The number of halogens is 3. The smallest absolute Gasteiger partial charge is 0.371 e. The number of nitrogens with zero attached hydrogens (tertiary/aromatic N) is 2. The van der Waals surface area contributed by atoms with E-state index in [-0.39, 0.29) is 13.0 Å². The Balaban J connectivity index is 2.12. The van der Waals surface area contributed by atoms with Crippen LogP contribution in [0.1, 0.15) is 18.5 Å². The first kappa shape index (κ1) is 12.2. The van der Waals surface area contributed by atoms with Crippen LogP contribution in [0.2, 0.25) is 0 Å². The van der Waals surface area contributed by atoms with Gasteiger partial charge in [-0.15, -0.1) is 0 Å². The lowest BCUT2D eigenvalue weighted by Gasteiger charge is -2.35. The molecule has 1 aromatic rings. The maximum atomic E-state index is 12.7. The molecule has 1 aliphatic heterocycles. The first-order valence-electron chi connectivity index (χ1n) is 5.71. The zero-order valence-corrected chi connectivity index (χ0v) is 9.67. The predicted octanol–water partition coefficient (Wildman–Crippen LogP) is 3.17. The minimum absolute atomic E-state index is 0.0625. The molecule has 1 atom stereocenters. The fraction of sp³-hybridized carbons (Fsp3) is 0.583. The highest BCUT2D eigenvalue weighted by Gasteiger charge is 2.41. The average Bonchev–Trinajstić information content (AvgIpc) is 2.28. The minimum Gasteiger partial charge on any atom is -0.371 e. The molecule has 2 rings (SSSR count). The van der Waals surface area contributed by atoms with Crippen LogP contribution in [0.5, 0.6) is 0 Å². The third kappa shape index (κ3) is 2.90. The topological polar surface area (TPSA) is 16.1 Å². The summed E-state index contributed by atoms with van der Waals surface area (Å²) in [4.78, 5) is 5.86. The molecule has 0 aliphatic carbocycles. The number of piperidine rings is 1. The summed E-state index contributed by atoms with van der Waals surface area (Å²) < 4.78 is 38.0. The quantitative estimate of drug-likeness (QED) is 0.754.